The van der Waals surface area contributed by atoms with Crippen LogP contribution < -0.4 is 17.2 Å². The summed E-state index contributed by atoms with van der Waals surface area (Å²) in [4.78, 5) is 3.74. The number of hydrogen-bond acceptors (Lipinski definition) is 1. The molecule has 0 amide bonds. The maximum Gasteiger partial charge on any atom is 0.388 e. The molecule has 0 spiro atoms. The molecule has 1 fully saturated rings. The van der Waals surface area contributed by atoms with Gasteiger partial charge in [-0.3, -0.25) is 10.3 Å². The second kappa shape index (κ2) is 3.91. The number of hydrogen-bond donors (Lipinski definition) is 3. The Kier molecular flexibility index (Phi) is 2.87. The van der Waals surface area contributed by atoms with E-state index in [9.17, 15) is 0 Å². The molecular formula is C6H14N5O+. The van der Waals surface area contributed by atoms with Crippen molar-refractivity contribution in [1.29, 1.82) is 0 Å². The number of nitrogens with zero attached hydrogens (tertiary/aromatic N) is 2. The summed E-state index contributed by atoms with van der Waals surface area (Å²) in [6.07, 6.45) is 0. The fourth-order valence-corrected chi connectivity index (χ4v) is 0.995. The van der Waals surface area contributed by atoms with Gasteiger partial charge in [0.05, 0.1) is 26.3 Å². The number of rotatable bonds is 0. The number of nitrogens with two attached hydrogens (primary N) is 3. The van der Waals surface area contributed by atoms with E-state index in [1.807, 2.05) is 4.58 Å². The predicted octanol–water partition coefficient (Wildman–Crippen LogP) is -2.38. The molecule has 6 nitrogen and oxygen atoms in total. The molecule has 0 aromatic rings. The highest BCUT2D eigenvalue weighted by molar-refractivity contribution is 5.89. The molecule has 0 bridgehead atoms. The van der Waals surface area contributed by atoms with Gasteiger partial charge in [-0.25, -0.2) is 0 Å². The van der Waals surface area contributed by atoms with Crippen molar-refractivity contribution >= 4 is 11.9 Å². The first kappa shape index (κ1) is 8.79. The molecule has 0 aliphatic carbocycles. The molecule has 0 aromatic carbocycles. The molecule has 1 aliphatic rings. The summed E-state index contributed by atoms with van der Waals surface area (Å²) in [7, 11) is 0. The number of ether oxygens (including phenoxy) is 1. The van der Waals surface area contributed by atoms with Gasteiger partial charge in [0.1, 0.15) is 0 Å². The minimum Gasteiger partial charge on any atom is -0.375 e. The highest BCUT2D eigenvalue weighted by Crippen LogP contribution is 1.89. The number of morpholine rings is 1. The summed E-state index contributed by atoms with van der Waals surface area (Å²) >= 11 is 0. The summed E-state index contributed by atoms with van der Waals surface area (Å²) in [5.74, 6) is 0.345. The third-order valence-electron chi connectivity index (χ3n) is 1.58. The number of aliphatic imine (C=N–C) groups is 1. The van der Waals surface area contributed by atoms with Crippen LogP contribution in [0.5, 0.6) is 0 Å². The van der Waals surface area contributed by atoms with Crippen molar-refractivity contribution in [3.05, 3.63) is 0 Å². The molecule has 0 radical (unpaired) electrons. The molecule has 1 rings (SSSR count). The van der Waals surface area contributed by atoms with E-state index in [2.05, 4.69) is 4.99 Å². The van der Waals surface area contributed by atoms with E-state index in [1.165, 1.54) is 0 Å². The Morgan fingerprint density at radius 1 is 1.17 bits per heavy atom. The lowest BCUT2D eigenvalue weighted by Crippen LogP contribution is -2.38. The second-order valence-corrected chi connectivity index (χ2v) is 2.49. The Balaban J connectivity index is 2.67. The summed E-state index contributed by atoms with van der Waals surface area (Å²) in [5.41, 5.74) is 15.9. The van der Waals surface area contributed by atoms with Crippen molar-refractivity contribution in [2.75, 3.05) is 26.3 Å². The second-order valence-electron chi connectivity index (χ2n) is 2.49. The lowest BCUT2D eigenvalue weighted by molar-refractivity contribution is -0.550. The Morgan fingerprint density at radius 3 is 2.25 bits per heavy atom. The largest absolute Gasteiger partial charge is 0.388 e. The third kappa shape index (κ3) is 2.39. The molecule has 0 unspecified atom stereocenters. The molecule has 68 valence electrons. The van der Waals surface area contributed by atoms with Crippen molar-refractivity contribution in [2.45, 2.75) is 0 Å². The van der Waals surface area contributed by atoms with E-state index in [0.717, 1.165) is 13.1 Å². The molecule has 1 saturated heterocycles. The summed E-state index contributed by atoms with van der Waals surface area (Å²) in [6.45, 7) is 2.81. The zero-order valence-electron chi connectivity index (χ0n) is 6.86. The highest BCUT2D eigenvalue weighted by atomic mass is 16.5. The van der Waals surface area contributed by atoms with Gasteiger partial charge in [0, 0.05) is 0 Å². The molecule has 6 heteroatoms. The Bertz CT molecular complexity index is 210. The molecule has 6 N–H and O–H groups in total. The molecule has 0 atom stereocenters. The van der Waals surface area contributed by atoms with Crippen molar-refractivity contribution < 1.29 is 9.31 Å². The van der Waals surface area contributed by atoms with Crippen LogP contribution in [0.1, 0.15) is 0 Å². The topological polar surface area (TPSA) is 103 Å². The van der Waals surface area contributed by atoms with Crippen LogP contribution in [-0.4, -0.2) is 42.8 Å². The highest BCUT2D eigenvalue weighted by Gasteiger charge is 2.12. The molecule has 1 heterocycles. The van der Waals surface area contributed by atoms with E-state index in [4.69, 9.17) is 21.9 Å². The Morgan fingerprint density at radius 2 is 1.75 bits per heavy atom. The average Bonchev–Trinajstić information content (AvgIpc) is 2.05. The standard InChI is InChI=1S/C6H13N5O/c7-5(8)10-6(9)11-1-3-12-4-2-11/h1-4H2,(H5,7,8,9,10)/p+1. The van der Waals surface area contributed by atoms with Crippen LogP contribution in [0.15, 0.2) is 4.99 Å². The van der Waals surface area contributed by atoms with Crippen LogP contribution in [0.2, 0.25) is 0 Å². The van der Waals surface area contributed by atoms with Gasteiger partial charge in [0.2, 0.25) is 0 Å². The van der Waals surface area contributed by atoms with Crippen LogP contribution >= 0.6 is 0 Å². The van der Waals surface area contributed by atoms with E-state index in [0.29, 0.717) is 19.2 Å². The lowest BCUT2D eigenvalue weighted by Gasteiger charge is -2.14. The molecule has 0 aromatic heterocycles. The smallest absolute Gasteiger partial charge is 0.375 e. The zero-order chi connectivity index (χ0) is 8.97. The Labute approximate surface area is 70.7 Å². The predicted molar refractivity (Wildman–Crippen MR) is 45.8 cm³/mol. The molecule has 0 saturated carbocycles. The van der Waals surface area contributed by atoms with Crippen molar-refractivity contribution in [3.8, 4) is 0 Å². The molecule has 12 heavy (non-hydrogen) atoms. The van der Waals surface area contributed by atoms with Crippen molar-refractivity contribution in [3.63, 3.8) is 0 Å². The summed E-state index contributed by atoms with van der Waals surface area (Å²) in [5, 5.41) is 0. The average molecular weight is 172 g/mol. The summed E-state index contributed by atoms with van der Waals surface area (Å²) < 4.78 is 7.01. The van der Waals surface area contributed by atoms with Crippen LogP contribution in [0, 0.1) is 0 Å². The van der Waals surface area contributed by atoms with Crippen LogP contribution in [-0.2, 0) is 4.74 Å². The molecule has 1 aliphatic heterocycles. The summed E-state index contributed by atoms with van der Waals surface area (Å²) in [6, 6.07) is 0. The fraction of sp³-hybridized carbons (Fsp3) is 0.667. The van der Waals surface area contributed by atoms with E-state index in [1.54, 1.807) is 0 Å². The zero-order valence-corrected chi connectivity index (χ0v) is 6.86. The van der Waals surface area contributed by atoms with Gasteiger partial charge in [-0.2, -0.15) is 0 Å². The van der Waals surface area contributed by atoms with E-state index < -0.39 is 0 Å². The van der Waals surface area contributed by atoms with Crippen molar-refractivity contribution in [1.82, 2.24) is 0 Å². The van der Waals surface area contributed by atoms with Gasteiger partial charge >= 0.3 is 5.96 Å². The van der Waals surface area contributed by atoms with Gasteiger partial charge in [0.15, 0.2) is 0 Å². The Hall–Kier alpha value is -1.30. The normalized spacial score (nSPS) is 17.2. The first-order chi connectivity index (χ1) is 5.70. The first-order valence-corrected chi connectivity index (χ1v) is 3.75. The van der Waals surface area contributed by atoms with Gasteiger partial charge in [0.25, 0.3) is 5.96 Å². The quantitative estimate of drug-likeness (QED) is 0.215. The maximum absolute atomic E-state index is 5.59. The fourth-order valence-electron chi connectivity index (χ4n) is 0.995. The molecular weight excluding hydrogens is 158 g/mol. The van der Waals surface area contributed by atoms with Crippen LogP contribution in [0.3, 0.4) is 0 Å². The third-order valence-corrected chi connectivity index (χ3v) is 1.58. The first-order valence-electron chi connectivity index (χ1n) is 3.75. The minimum absolute atomic E-state index is 0.0148. The van der Waals surface area contributed by atoms with E-state index in [-0.39, 0.29) is 5.96 Å². The minimum atomic E-state index is -0.0148. The van der Waals surface area contributed by atoms with E-state index >= 15 is 0 Å². The van der Waals surface area contributed by atoms with Gasteiger partial charge in [-0.05, 0) is 4.99 Å². The van der Waals surface area contributed by atoms with Gasteiger partial charge < -0.3 is 16.2 Å². The van der Waals surface area contributed by atoms with Gasteiger partial charge in [-0.1, -0.05) is 0 Å². The monoisotopic (exact) mass is 172 g/mol. The van der Waals surface area contributed by atoms with Gasteiger partial charge in [-0.15, -0.1) is 0 Å². The maximum atomic E-state index is 5.59. The van der Waals surface area contributed by atoms with Crippen LogP contribution in [0.25, 0.3) is 0 Å². The van der Waals surface area contributed by atoms with Crippen molar-refractivity contribution in [2.24, 2.45) is 22.2 Å². The SMILES string of the molecule is NC(N)=NC(N)=[N+]1CCOCC1. The lowest BCUT2D eigenvalue weighted by atomic mass is 10.5. The number of guanidine groups is 2. The van der Waals surface area contributed by atoms with Crippen LogP contribution in [0.4, 0.5) is 0 Å².